The minimum absolute atomic E-state index is 0.476. The summed E-state index contributed by atoms with van der Waals surface area (Å²) in [7, 11) is 0. The fraction of sp³-hybridized carbons (Fsp3) is 0.188. The van der Waals surface area contributed by atoms with E-state index in [-0.39, 0.29) is 0 Å². The van der Waals surface area contributed by atoms with E-state index in [9.17, 15) is 0 Å². The van der Waals surface area contributed by atoms with Gasteiger partial charge in [0.1, 0.15) is 11.2 Å². The van der Waals surface area contributed by atoms with Crippen LogP contribution >= 0.6 is 0 Å². The molecule has 12 aromatic rings. The average Bonchev–Trinajstić information content (AvgIpc) is 4.23. The van der Waals surface area contributed by atoms with Gasteiger partial charge in [0, 0.05) is 43.7 Å². The monoisotopic (exact) mass is 880 g/mol. The predicted octanol–water partition coefficient (Wildman–Crippen LogP) is 19.3. The molecular formula is C64H52N2O2. The van der Waals surface area contributed by atoms with Gasteiger partial charge in [-0.05, 0) is 144 Å². The van der Waals surface area contributed by atoms with Gasteiger partial charge in [-0.1, -0.05) is 147 Å². The molecule has 0 atom stereocenters. The molecule has 10 aromatic carbocycles. The first-order valence-electron chi connectivity index (χ1n) is 24.9. The van der Waals surface area contributed by atoms with Crippen LogP contribution in [0.15, 0.2) is 179 Å². The van der Waals surface area contributed by atoms with Crippen LogP contribution in [0.25, 0.3) is 76.2 Å². The van der Waals surface area contributed by atoms with E-state index < -0.39 is 0 Å². The van der Waals surface area contributed by atoms with E-state index in [2.05, 4.69) is 194 Å². The third-order valence-corrected chi connectivity index (χ3v) is 15.9. The zero-order valence-electron chi connectivity index (χ0n) is 38.7. The van der Waals surface area contributed by atoms with Crippen molar-refractivity contribution in [3.05, 3.63) is 192 Å². The molecule has 0 unspecified atom stereocenters. The molecule has 330 valence electrons. The number of hydrogen-bond donors (Lipinski definition) is 0. The van der Waals surface area contributed by atoms with E-state index >= 15 is 0 Å². The smallest absolute Gasteiger partial charge is 0.159 e. The van der Waals surface area contributed by atoms with Gasteiger partial charge in [-0.25, -0.2) is 0 Å². The number of hydrogen-bond acceptors (Lipinski definition) is 4. The summed E-state index contributed by atoms with van der Waals surface area (Å²) < 4.78 is 14.0. The molecule has 0 N–H and O–H groups in total. The van der Waals surface area contributed by atoms with Gasteiger partial charge in [-0.3, -0.25) is 0 Å². The molecule has 0 bridgehead atoms. The quantitative estimate of drug-likeness (QED) is 0.142. The predicted molar refractivity (Wildman–Crippen MR) is 286 cm³/mol. The van der Waals surface area contributed by atoms with Gasteiger partial charge >= 0.3 is 0 Å². The third-order valence-electron chi connectivity index (χ3n) is 15.9. The molecule has 0 aliphatic heterocycles. The van der Waals surface area contributed by atoms with Gasteiger partial charge in [0.25, 0.3) is 0 Å². The summed E-state index contributed by atoms with van der Waals surface area (Å²) >= 11 is 0. The molecule has 2 fully saturated rings. The number of aryl methyl sites for hydroxylation is 2. The first kappa shape index (κ1) is 39.6. The molecule has 14 rings (SSSR count). The van der Waals surface area contributed by atoms with Crippen molar-refractivity contribution in [2.45, 2.75) is 77.0 Å². The summed E-state index contributed by atoms with van der Waals surface area (Å²) in [6.45, 7) is 4.30. The Morgan fingerprint density at radius 2 is 0.706 bits per heavy atom. The van der Waals surface area contributed by atoms with Crippen LogP contribution in [-0.4, -0.2) is 0 Å². The van der Waals surface area contributed by atoms with Crippen molar-refractivity contribution in [3.8, 4) is 0 Å². The number of nitrogens with zero attached hydrogens (tertiary/aromatic N) is 2. The fourth-order valence-electron chi connectivity index (χ4n) is 12.7. The minimum atomic E-state index is 0.476. The molecule has 68 heavy (non-hydrogen) atoms. The number of anilines is 6. The lowest BCUT2D eigenvalue weighted by Gasteiger charge is -2.32. The Bertz CT molecular complexity index is 3650. The Kier molecular flexibility index (Phi) is 9.03. The normalized spacial score (nSPS) is 14.9. The molecule has 2 aromatic heterocycles. The zero-order chi connectivity index (χ0) is 45.0. The SMILES string of the molecule is Cc1cccc2c1oc1c(N(c3ccccc3)c3cc(C4CCCC4)c4ccc5c(N(c6ccccc6)c6cccc7c6oc6c(C)cccc67)cc(C6CCCC6)c6ccc3c4c65)cccc12. The summed E-state index contributed by atoms with van der Waals surface area (Å²) in [6.07, 6.45) is 9.85. The highest BCUT2D eigenvalue weighted by atomic mass is 16.3. The maximum absolute atomic E-state index is 6.99. The summed E-state index contributed by atoms with van der Waals surface area (Å²) in [5.41, 5.74) is 15.7. The van der Waals surface area contributed by atoms with Gasteiger partial charge in [0.2, 0.25) is 0 Å². The second-order valence-corrected chi connectivity index (χ2v) is 19.8. The van der Waals surface area contributed by atoms with Crippen molar-refractivity contribution in [2.24, 2.45) is 0 Å². The van der Waals surface area contributed by atoms with E-state index in [0.29, 0.717) is 11.8 Å². The van der Waals surface area contributed by atoms with Gasteiger partial charge < -0.3 is 18.6 Å². The van der Waals surface area contributed by atoms with Gasteiger partial charge in [-0.15, -0.1) is 0 Å². The minimum Gasteiger partial charge on any atom is -0.454 e. The Morgan fingerprint density at radius 3 is 1.12 bits per heavy atom. The van der Waals surface area contributed by atoms with Gasteiger partial charge in [0.15, 0.2) is 11.2 Å². The van der Waals surface area contributed by atoms with Gasteiger partial charge in [0.05, 0.1) is 22.7 Å². The molecular weight excluding hydrogens is 829 g/mol. The van der Waals surface area contributed by atoms with Crippen molar-refractivity contribution in [2.75, 3.05) is 9.80 Å². The lowest BCUT2D eigenvalue weighted by molar-refractivity contribution is 0.665. The van der Waals surface area contributed by atoms with Crippen molar-refractivity contribution < 1.29 is 8.83 Å². The zero-order valence-corrected chi connectivity index (χ0v) is 38.7. The van der Waals surface area contributed by atoms with Crippen LogP contribution in [0.4, 0.5) is 34.1 Å². The Balaban J connectivity index is 1.11. The maximum Gasteiger partial charge on any atom is 0.159 e. The maximum atomic E-state index is 6.99. The summed E-state index contributed by atoms with van der Waals surface area (Å²) in [5, 5.41) is 12.6. The number of furan rings is 2. The standard InChI is InChI=1S/C64H52N2O2/c1-39-17-13-27-47-49-29-15-31-55(63(49)67-61(39)47)65(43-23-5-3-6-24-43)57-37-53(41-19-9-10-20-41)45-34-36-52-58(38-54(42-21-11-12-22-42)46-33-35-51(57)59(45)60(46)52)66(44-25-7-4-8-26-44)56-32-16-30-50-48-28-14-18-40(2)62(48)68-64(50)56/h3-8,13-18,23-38,41-42H,9-12,19-22H2,1-2H3. The average molecular weight is 881 g/mol. The number of benzene rings is 10. The Labute approximate surface area is 396 Å². The molecule has 0 spiro atoms. The van der Waals surface area contributed by atoms with E-state index in [1.807, 2.05) is 0 Å². The largest absolute Gasteiger partial charge is 0.454 e. The van der Waals surface area contributed by atoms with Crippen LogP contribution in [0.1, 0.15) is 85.5 Å². The fourth-order valence-corrected chi connectivity index (χ4v) is 12.7. The first-order valence-corrected chi connectivity index (χ1v) is 24.9. The van der Waals surface area contributed by atoms with Crippen LogP contribution < -0.4 is 9.80 Å². The number of rotatable bonds is 8. The van der Waals surface area contributed by atoms with E-state index in [0.717, 1.165) is 77.8 Å². The third kappa shape index (κ3) is 5.92. The highest BCUT2D eigenvalue weighted by molar-refractivity contribution is 6.30. The van der Waals surface area contributed by atoms with E-state index in [1.54, 1.807) is 0 Å². The second-order valence-electron chi connectivity index (χ2n) is 19.8. The van der Waals surface area contributed by atoms with Crippen molar-refractivity contribution in [3.63, 3.8) is 0 Å². The summed E-state index contributed by atoms with van der Waals surface area (Å²) in [5.74, 6) is 0.952. The van der Waals surface area contributed by atoms with Crippen LogP contribution in [0.2, 0.25) is 0 Å². The molecule has 0 amide bonds. The Hall–Kier alpha value is -7.56. The first-order chi connectivity index (χ1) is 33.6. The van der Waals surface area contributed by atoms with Crippen molar-refractivity contribution in [1.29, 1.82) is 0 Å². The molecule has 0 radical (unpaired) electrons. The lowest BCUT2D eigenvalue weighted by atomic mass is 9.82. The molecule has 2 aliphatic carbocycles. The lowest BCUT2D eigenvalue weighted by Crippen LogP contribution is -2.13. The highest BCUT2D eigenvalue weighted by Gasteiger charge is 2.31. The highest BCUT2D eigenvalue weighted by Crippen LogP contribution is 2.55. The molecule has 4 heteroatoms. The van der Waals surface area contributed by atoms with E-state index in [1.165, 1.54) is 106 Å². The van der Waals surface area contributed by atoms with Gasteiger partial charge in [-0.2, -0.15) is 0 Å². The van der Waals surface area contributed by atoms with E-state index in [4.69, 9.17) is 8.83 Å². The number of fused-ring (bicyclic) bond motifs is 6. The topological polar surface area (TPSA) is 32.8 Å². The van der Waals surface area contributed by atoms with Crippen LogP contribution in [0.5, 0.6) is 0 Å². The van der Waals surface area contributed by atoms with Crippen molar-refractivity contribution in [1.82, 2.24) is 0 Å². The van der Waals surface area contributed by atoms with Crippen LogP contribution in [0, 0.1) is 13.8 Å². The second kappa shape index (κ2) is 15.5. The summed E-state index contributed by atoms with van der Waals surface area (Å²) in [4.78, 5) is 5.01. The van der Waals surface area contributed by atoms with Crippen LogP contribution in [0.3, 0.4) is 0 Å². The summed E-state index contributed by atoms with van der Waals surface area (Å²) in [6, 6.07) is 63.3. The van der Waals surface area contributed by atoms with Crippen LogP contribution in [-0.2, 0) is 0 Å². The van der Waals surface area contributed by atoms with Crippen molar-refractivity contribution >= 4 is 110 Å². The molecule has 2 heterocycles. The molecule has 0 saturated heterocycles. The Morgan fingerprint density at radius 1 is 0.338 bits per heavy atom. The number of para-hydroxylation sites is 6. The molecule has 2 saturated carbocycles. The molecule has 4 nitrogen and oxygen atoms in total. The molecule has 2 aliphatic rings.